The van der Waals surface area contributed by atoms with Crippen LogP contribution >= 0.6 is 0 Å². The Morgan fingerprint density at radius 2 is 1.96 bits per heavy atom. The number of nitrogens with two attached hydrogens (primary N) is 1. The molecule has 4 rings (SSSR count). The molecule has 120 valence electrons. The Morgan fingerprint density at radius 3 is 2.67 bits per heavy atom. The van der Waals surface area contributed by atoms with Crippen LogP contribution in [0.4, 0.5) is 15.8 Å². The molecule has 0 saturated heterocycles. The highest BCUT2D eigenvalue weighted by atomic mass is 19.1. The Labute approximate surface area is 138 Å². The Bertz CT molecular complexity index is 946. The SMILES string of the molecule is CC(=O)N1Cc2cnn(-c3ccc(F)cc3)c2-c2cc(N)ccc21. The molecule has 24 heavy (non-hydrogen) atoms. The Balaban J connectivity index is 1.95. The van der Waals surface area contributed by atoms with Crippen LogP contribution in [0.2, 0.25) is 0 Å². The lowest BCUT2D eigenvalue weighted by Crippen LogP contribution is -2.31. The first kappa shape index (κ1) is 14.4. The number of carbonyl (C=O) groups is 1. The molecule has 5 nitrogen and oxygen atoms in total. The molecule has 6 heteroatoms. The van der Waals surface area contributed by atoms with Crippen LogP contribution in [0.15, 0.2) is 48.7 Å². The standard InChI is InChI=1S/C18H15FN4O/c1-11(24)22-10-12-9-21-23(15-5-2-13(19)3-6-15)18(12)16-8-14(20)4-7-17(16)22/h2-9H,10,20H2,1H3. The Morgan fingerprint density at radius 1 is 1.21 bits per heavy atom. The molecule has 0 radical (unpaired) electrons. The second kappa shape index (κ2) is 5.19. The number of carbonyl (C=O) groups excluding carboxylic acids is 1. The van der Waals surface area contributed by atoms with Crippen LogP contribution in [-0.4, -0.2) is 15.7 Å². The van der Waals surface area contributed by atoms with Gasteiger partial charge < -0.3 is 10.6 Å². The fourth-order valence-corrected chi connectivity index (χ4v) is 3.08. The van der Waals surface area contributed by atoms with E-state index in [0.29, 0.717) is 12.2 Å². The first-order chi connectivity index (χ1) is 11.5. The zero-order valence-corrected chi connectivity index (χ0v) is 13.0. The molecule has 0 unspecified atom stereocenters. The minimum atomic E-state index is -0.299. The molecule has 2 heterocycles. The number of nitrogen functional groups attached to an aromatic ring is 1. The number of rotatable bonds is 1. The van der Waals surface area contributed by atoms with Gasteiger partial charge in [-0.05, 0) is 42.5 Å². The highest BCUT2D eigenvalue weighted by Gasteiger charge is 2.28. The predicted octanol–water partition coefficient (Wildman–Crippen LogP) is 3.13. The molecule has 0 aliphatic carbocycles. The van der Waals surface area contributed by atoms with Gasteiger partial charge in [0.2, 0.25) is 5.91 Å². The van der Waals surface area contributed by atoms with Crippen LogP contribution in [0.25, 0.3) is 16.9 Å². The third-order valence-corrected chi connectivity index (χ3v) is 4.19. The summed E-state index contributed by atoms with van der Waals surface area (Å²) in [7, 11) is 0. The van der Waals surface area contributed by atoms with Gasteiger partial charge in [0.15, 0.2) is 0 Å². The first-order valence-electron chi connectivity index (χ1n) is 7.55. The molecule has 0 fully saturated rings. The molecular formula is C18H15FN4O. The monoisotopic (exact) mass is 322 g/mol. The fraction of sp³-hybridized carbons (Fsp3) is 0.111. The molecular weight excluding hydrogens is 307 g/mol. The predicted molar refractivity (Wildman–Crippen MR) is 90.2 cm³/mol. The van der Waals surface area contributed by atoms with Gasteiger partial charge in [-0.1, -0.05) is 0 Å². The number of hydrogen-bond donors (Lipinski definition) is 1. The second-order valence-corrected chi connectivity index (χ2v) is 5.79. The molecule has 0 bridgehead atoms. The molecule has 0 saturated carbocycles. The van der Waals surface area contributed by atoms with Crippen LogP contribution in [0.1, 0.15) is 12.5 Å². The molecule has 1 aliphatic rings. The number of anilines is 2. The number of halogens is 1. The van der Waals surface area contributed by atoms with E-state index in [0.717, 1.165) is 28.2 Å². The van der Waals surface area contributed by atoms with Crippen LogP contribution in [-0.2, 0) is 11.3 Å². The van der Waals surface area contributed by atoms with E-state index in [1.807, 2.05) is 12.1 Å². The topological polar surface area (TPSA) is 64.2 Å². The van der Waals surface area contributed by atoms with Gasteiger partial charge >= 0.3 is 0 Å². The molecule has 3 aromatic rings. The number of benzene rings is 2. The summed E-state index contributed by atoms with van der Waals surface area (Å²) < 4.78 is 15.0. The minimum Gasteiger partial charge on any atom is -0.399 e. The average Bonchev–Trinajstić information content (AvgIpc) is 2.98. The van der Waals surface area contributed by atoms with Gasteiger partial charge in [0.25, 0.3) is 0 Å². The van der Waals surface area contributed by atoms with Crippen molar-refractivity contribution in [2.75, 3.05) is 10.6 Å². The van der Waals surface area contributed by atoms with Crippen LogP contribution in [0, 0.1) is 5.82 Å². The van der Waals surface area contributed by atoms with Crippen molar-refractivity contribution in [3.05, 3.63) is 60.0 Å². The average molecular weight is 322 g/mol. The van der Waals surface area contributed by atoms with Gasteiger partial charge in [0.05, 0.1) is 29.8 Å². The zero-order valence-electron chi connectivity index (χ0n) is 13.0. The van der Waals surface area contributed by atoms with Gasteiger partial charge in [-0.25, -0.2) is 9.07 Å². The van der Waals surface area contributed by atoms with E-state index in [2.05, 4.69) is 5.10 Å². The maximum Gasteiger partial charge on any atom is 0.224 e. The maximum absolute atomic E-state index is 13.2. The van der Waals surface area contributed by atoms with E-state index in [1.165, 1.54) is 19.1 Å². The zero-order chi connectivity index (χ0) is 16.8. The van der Waals surface area contributed by atoms with E-state index in [4.69, 9.17) is 5.73 Å². The molecule has 1 aromatic heterocycles. The summed E-state index contributed by atoms with van der Waals surface area (Å²) in [6.45, 7) is 1.98. The Kier molecular flexibility index (Phi) is 3.13. The fourth-order valence-electron chi connectivity index (χ4n) is 3.08. The van der Waals surface area contributed by atoms with Crippen molar-refractivity contribution < 1.29 is 9.18 Å². The van der Waals surface area contributed by atoms with Crippen molar-refractivity contribution in [3.8, 4) is 16.9 Å². The smallest absolute Gasteiger partial charge is 0.224 e. The van der Waals surface area contributed by atoms with Crippen molar-refractivity contribution in [2.45, 2.75) is 13.5 Å². The van der Waals surface area contributed by atoms with Crippen molar-refractivity contribution >= 4 is 17.3 Å². The molecule has 0 spiro atoms. The third kappa shape index (κ3) is 2.15. The quantitative estimate of drug-likeness (QED) is 0.700. The Hall–Kier alpha value is -3.15. The van der Waals surface area contributed by atoms with Gasteiger partial charge in [0.1, 0.15) is 5.82 Å². The molecule has 1 amide bonds. The highest BCUT2D eigenvalue weighted by molar-refractivity contribution is 5.99. The summed E-state index contributed by atoms with van der Waals surface area (Å²) in [4.78, 5) is 13.7. The summed E-state index contributed by atoms with van der Waals surface area (Å²) in [5, 5.41) is 4.44. The summed E-state index contributed by atoms with van der Waals surface area (Å²) in [5.74, 6) is -0.339. The third-order valence-electron chi connectivity index (χ3n) is 4.19. The van der Waals surface area contributed by atoms with Crippen LogP contribution in [0.5, 0.6) is 0 Å². The van der Waals surface area contributed by atoms with E-state index < -0.39 is 0 Å². The summed E-state index contributed by atoms with van der Waals surface area (Å²) >= 11 is 0. The highest BCUT2D eigenvalue weighted by Crippen LogP contribution is 2.41. The normalized spacial score (nSPS) is 12.7. The van der Waals surface area contributed by atoms with Crippen molar-refractivity contribution in [1.29, 1.82) is 0 Å². The van der Waals surface area contributed by atoms with Crippen molar-refractivity contribution in [3.63, 3.8) is 0 Å². The second-order valence-electron chi connectivity index (χ2n) is 5.79. The van der Waals surface area contributed by atoms with Crippen LogP contribution < -0.4 is 10.6 Å². The molecule has 1 aliphatic heterocycles. The molecule has 2 aromatic carbocycles. The van der Waals surface area contributed by atoms with E-state index >= 15 is 0 Å². The first-order valence-corrected chi connectivity index (χ1v) is 7.55. The number of nitrogens with zero attached hydrogens (tertiary/aromatic N) is 3. The van der Waals surface area contributed by atoms with E-state index in [9.17, 15) is 9.18 Å². The minimum absolute atomic E-state index is 0.0406. The van der Waals surface area contributed by atoms with Crippen molar-refractivity contribution in [1.82, 2.24) is 9.78 Å². The lowest BCUT2D eigenvalue weighted by molar-refractivity contribution is -0.116. The lowest BCUT2D eigenvalue weighted by Gasteiger charge is -2.29. The largest absolute Gasteiger partial charge is 0.399 e. The molecule has 2 N–H and O–H groups in total. The van der Waals surface area contributed by atoms with Gasteiger partial charge in [-0.2, -0.15) is 5.10 Å². The summed E-state index contributed by atoms with van der Waals surface area (Å²) in [5.41, 5.74) is 10.8. The van der Waals surface area contributed by atoms with E-state index in [1.54, 1.807) is 34.0 Å². The van der Waals surface area contributed by atoms with Gasteiger partial charge in [0, 0.05) is 23.7 Å². The van der Waals surface area contributed by atoms with Gasteiger partial charge in [-0.15, -0.1) is 0 Å². The maximum atomic E-state index is 13.2. The molecule has 0 atom stereocenters. The summed E-state index contributed by atoms with van der Waals surface area (Å²) in [6, 6.07) is 11.6. The van der Waals surface area contributed by atoms with Gasteiger partial charge in [-0.3, -0.25) is 4.79 Å². The lowest BCUT2D eigenvalue weighted by atomic mass is 9.99. The number of fused-ring (bicyclic) bond motifs is 3. The number of hydrogen-bond acceptors (Lipinski definition) is 3. The van der Waals surface area contributed by atoms with Crippen molar-refractivity contribution in [2.24, 2.45) is 0 Å². The number of amides is 1. The summed E-state index contributed by atoms with van der Waals surface area (Å²) in [6.07, 6.45) is 1.74. The van der Waals surface area contributed by atoms with E-state index in [-0.39, 0.29) is 11.7 Å². The van der Waals surface area contributed by atoms with Crippen LogP contribution in [0.3, 0.4) is 0 Å². The number of aromatic nitrogens is 2.